The average Bonchev–Trinajstić information content (AvgIpc) is 2.25. The number of rotatable bonds is 6. The van der Waals surface area contributed by atoms with Crippen LogP contribution in [0, 0.1) is 11.7 Å². The van der Waals surface area contributed by atoms with Crippen LogP contribution >= 0.6 is 15.9 Å². The number of nitrogens with one attached hydrogen (secondary N) is 1. The van der Waals surface area contributed by atoms with Crippen LogP contribution in [0.4, 0.5) is 4.39 Å². The summed E-state index contributed by atoms with van der Waals surface area (Å²) in [4.78, 5) is 0. The van der Waals surface area contributed by atoms with Gasteiger partial charge in [-0.15, -0.1) is 0 Å². The fourth-order valence-electron chi connectivity index (χ4n) is 1.32. The minimum absolute atomic E-state index is 0.265. The Morgan fingerprint density at radius 3 is 2.65 bits per heavy atom. The lowest BCUT2D eigenvalue weighted by atomic mass is 10.2. The first kappa shape index (κ1) is 14.5. The van der Waals surface area contributed by atoms with Crippen molar-refractivity contribution < 1.29 is 9.13 Å². The Morgan fingerprint density at radius 1 is 1.35 bits per heavy atom. The van der Waals surface area contributed by atoms with E-state index in [0.29, 0.717) is 28.8 Å². The van der Waals surface area contributed by atoms with E-state index in [0.717, 1.165) is 6.54 Å². The average molecular weight is 304 g/mol. The van der Waals surface area contributed by atoms with Gasteiger partial charge in [-0.1, -0.05) is 20.8 Å². The first-order chi connectivity index (χ1) is 7.99. The molecule has 1 rings (SSSR count). The highest BCUT2D eigenvalue weighted by Gasteiger charge is 2.07. The first-order valence-corrected chi connectivity index (χ1v) is 6.59. The zero-order valence-corrected chi connectivity index (χ0v) is 12.1. The molecule has 4 heteroatoms. The molecule has 0 spiro atoms. The molecule has 0 heterocycles. The van der Waals surface area contributed by atoms with E-state index in [1.807, 2.05) is 0 Å². The molecular formula is C13H19BrFNO. The van der Waals surface area contributed by atoms with Crippen molar-refractivity contribution >= 4 is 15.9 Å². The SMILES string of the molecule is CC(CNC(C)C)COc1ccc(F)cc1Br. The van der Waals surface area contributed by atoms with Crippen LogP contribution < -0.4 is 10.1 Å². The van der Waals surface area contributed by atoms with Gasteiger partial charge in [-0.2, -0.15) is 0 Å². The van der Waals surface area contributed by atoms with Crippen LogP contribution in [0.25, 0.3) is 0 Å². The third kappa shape index (κ3) is 5.50. The molecule has 2 nitrogen and oxygen atoms in total. The smallest absolute Gasteiger partial charge is 0.133 e. The Kier molecular flexibility index (Phi) is 5.92. The van der Waals surface area contributed by atoms with E-state index in [-0.39, 0.29) is 5.82 Å². The highest BCUT2D eigenvalue weighted by atomic mass is 79.9. The summed E-state index contributed by atoms with van der Waals surface area (Å²) in [6.07, 6.45) is 0. The summed E-state index contributed by atoms with van der Waals surface area (Å²) in [6, 6.07) is 4.93. The number of halogens is 2. The van der Waals surface area contributed by atoms with Gasteiger partial charge in [0.05, 0.1) is 11.1 Å². The fraction of sp³-hybridized carbons (Fsp3) is 0.538. The van der Waals surface area contributed by atoms with Crippen molar-refractivity contribution in [1.82, 2.24) is 5.32 Å². The van der Waals surface area contributed by atoms with Gasteiger partial charge in [0.15, 0.2) is 0 Å². The maximum Gasteiger partial charge on any atom is 0.133 e. The Labute approximate surface area is 111 Å². The van der Waals surface area contributed by atoms with Gasteiger partial charge in [-0.25, -0.2) is 4.39 Å². The van der Waals surface area contributed by atoms with Crippen LogP contribution in [0.1, 0.15) is 20.8 Å². The largest absolute Gasteiger partial charge is 0.492 e. The standard InChI is InChI=1S/C13H19BrFNO/c1-9(2)16-7-10(3)8-17-13-5-4-11(15)6-12(13)14/h4-6,9-10,16H,7-8H2,1-3H3. The van der Waals surface area contributed by atoms with E-state index in [4.69, 9.17) is 4.74 Å². The van der Waals surface area contributed by atoms with E-state index in [2.05, 4.69) is 42.0 Å². The predicted octanol–water partition coefficient (Wildman–Crippen LogP) is 3.60. The van der Waals surface area contributed by atoms with E-state index in [1.54, 1.807) is 6.07 Å². The second-order valence-electron chi connectivity index (χ2n) is 4.55. The number of benzene rings is 1. The third-order valence-electron chi connectivity index (χ3n) is 2.29. The summed E-state index contributed by atoms with van der Waals surface area (Å²) in [6.45, 7) is 7.88. The summed E-state index contributed by atoms with van der Waals surface area (Å²) < 4.78 is 19.1. The minimum atomic E-state index is -0.265. The molecular weight excluding hydrogens is 285 g/mol. The van der Waals surface area contributed by atoms with Crippen LogP contribution in [-0.4, -0.2) is 19.2 Å². The van der Waals surface area contributed by atoms with Crippen molar-refractivity contribution in [2.24, 2.45) is 5.92 Å². The van der Waals surface area contributed by atoms with E-state index in [1.165, 1.54) is 12.1 Å². The van der Waals surface area contributed by atoms with Crippen LogP contribution in [0.15, 0.2) is 22.7 Å². The van der Waals surface area contributed by atoms with Crippen molar-refractivity contribution in [1.29, 1.82) is 0 Å². The Hall–Kier alpha value is -0.610. The van der Waals surface area contributed by atoms with Gasteiger partial charge in [0.1, 0.15) is 11.6 Å². The molecule has 1 unspecified atom stereocenters. The topological polar surface area (TPSA) is 21.3 Å². The van der Waals surface area contributed by atoms with Crippen molar-refractivity contribution in [3.05, 3.63) is 28.5 Å². The van der Waals surface area contributed by atoms with Crippen molar-refractivity contribution in [2.45, 2.75) is 26.8 Å². The summed E-state index contributed by atoms with van der Waals surface area (Å²) in [7, 11) is 0. The van der Waals surface area contributed by atoms with Gasteiger partial charge in [0.2, 0.25) is 0 Å². The second-order valence-corrected chi connectivity index (χ2v) is 5.41. The Morgan fingerprint density at radius 2 is 2.06 bits per heavy atom. The summed E-state index contributed by atoms with van der Waals surface area (Å²) >= 11 is 3.28. The molecule has 0 aliphatic carbocycles. The Balaban J connectivity index is 2.39. The maximum atomic E-state index is 12.9. The molecule has 1 atom stereocenters. The number of ether oxygens (including phenoxy) is 1. The van der Waals surface area contributed by atoms with Crippen LogP contribution in [0.2, 0.25) is 0 Å². The molecule has 0 aromatic heterocycles. The van der Waals surface area contributed by atoms with E-state index < -0.39 is 0 Å². The molecule has 0 amide bonds. The molecule has 0 fully saturated rings. The molecule has 0 saturated heterocycles. The molecule has 1 aromatic rings. The molecule has 0 radical (unpaired) electrons. The van der Waals surface area contributed by atoms with Crippen LogP contribution in [0.5, 0.6) is 5.75 Å². The lowest BCUT2D eigenvalue weighted by molar-refractivity contribution is 0.251. The van der Waals surface area contributed by atoms with Crippen LogP contribution in [0.3, 0.4) is 0 Å². The first-order valence-electron chi connectivity index (χ1n) is 5.80. The predicted molar refractivity (Wildman–Crippen MR) is 71.9 cm³/mol. The fourth-order valence-corrected chi connectivity index (χ4v) is 1.79. The summed E-state index contributed by atoms with van der Waals surface area (Å²) in [5.41, 5.74) is 0. The van der Waals surface area contributed by atoms with Gasteiger partial charge in [0, 0.05) is 18.5 Å². The quantitative estimate of drug-likeness (QED) is 0.867. The zero-order chi connectivity index (χ0) is 12.8. The number of hydrogen-bond donors (Lipinski definition) is 1. The normalized spacial score (nSPS) is 12.8. The molecule has 1 aromatic carbocycles. The van der Waals surface area contributed by atoms with Crippen molar-refractivity contribution in [2.75, 3.05) is 13.2 Å². The lowest BCUT2D eigenvalue weighted by Gasteiger charge is -2.16. The molecule has 0 bridgehead atoms. The van der Waals surface area contributed by atoms with Gasteiger partial charge in [-0.3, -0.25) is 0 Å². The second kappa shape index (κ2) is 6.97. The van der Waals surface area contributed by atoms with Crippen molar-refractivity contribution in [3.8, 4) is 5.75 Å². The number of hydrogen-bond acceptors (Lipinski definition) is 2. The maximum absolute atomic E-state index is 12.9. The zero-order valence-electron chi connectivity index (χ0n) is 10.5. The molecule has 0 aliphatic rings. The van der Waals surface area contributed by atoms with Gasteiger partial charge in [-0.05, 0) is 34.1 Å². The van der Waals surface area contributed by atoms with Crippen molar-refractivity contribution in [3.63, 3.8) is 0 Å². The Bertz CT molecular complexity index is 357. The molecule has 1 N–H and O–H groups in total. The molecule has 96 valence electrons. The van der Waals surface area contributed by atoms with Gasteiger partial charge in [0.25, 0.3) is 0 Å². The van der Waals surface area contributed by atoms with E-state index in [9.17, 15) is 4.39 Å². The third-order valence-corrected chi connectivity index (χ3v) is 2.91. The lowest BCUT2D eigenvalue weighted by Crippen LogP contribution is -2.30. The minimum Gasteiger partial charge on any atom is -0.492 e. The highest BCUT2D eigenvalue weighted by molar-refractivity contribution is 9.10. The summed E-state index contributed by atoms with van der Waals surface area (Å²) in [5.74, 6) is 0.830. The van der Waals surface area contributed by atoms with Crippen LogP contribution in [-0.2, 0) is 0 Å². The van der Waals surface area contributed by atoms with Gasteiger partial charge < -0.3 is 10.1 Å². The van der Waals surface area contributed by atoms with E-state index >= 15 is 0 Å². The molecule has 0 saturated carbocycles. The molecule has 0 aliphatic heterocycles. The molecule has 17 heavy (non-hydrogen) atoms. The highest BCUT2D eigenvalue weighted by Crippen LogP contribution is 2.25. The summed E-state index contributed by atoms with van der Waals surface area (Å²) in [5, 5.41) is 3.35. The van der Waals surface area contributed by atoms with Gasteiger partial charge >= 0.3 is 0 Å². The monoisotopic (exact) mass is 303 g/mol.